The highest BCUT2D eigenvalue weighted by molar-refractivity contribution is 7.99. The molecular weight excluding hydrogens is 260 g/mol. The van der Waals surface area contributed by atoms with Gasteiger partial charge in [0, 0.05) is 9.79 Å². The third kappa shape index (κ3) is 3.37. The topological polar surface area (TPSA) is 24.1 Å². The Morgan fingerprint density at radius 2 is 1.67 bits per heavy atom. The van der Waals surface area contributed by atoms with E-state index in [1.807, 2.05) is 12.1 Å². The van der Waals surface area contributed by atoms with Gasteiger partial charge in [0.05, 0.1) is 11.4 Å². The van der Waals surface area contributed by atoms with Gasteiger partial charge in [-0.1, -0.05) is 18.2 Å². The molecule has 0 saturated heterocycles. The molecule has 0 fully saturated rings. The van der Waals surface area contributed by atoms with Crippen LogP contribution in [0.1, 0.15) is 0 Å². The number of benzene rings is 2. The van der Waals surface area contributed by atoms with Crippen molar-refractivity contribution in [2.45, 2.75) is 9.79 Å². The van der Waals surface area contributed by atoms with Crippen molar-refractivity contribution in [3.63, 3.8) is 0 Å². The summed E-state index contributed by atoms with van der Waals surface area (Å²) in [6.07, 6.45) is 4.16. The lowest BCUT2D eigenvalue weighted by Crippen LogP contribution is -2.09. The Bertz CT molecular complexity index is 515. The smallest absolute Gasteiger partial charge is 0.0675 e. The van der Waals surface area contributed by atoms with Crippen molar-refractivity contribution in [3.8, 4) is 0 Å². The van der Waals surface area contributed by atoms with Gasteiger partial charge in [0.25, 0.3) is 0 Å². The summed E-state index contributed by atoms with van der Waals surface area (Å²) in [6, 6.07) is 16.6. The van der Waals surface area contributed by atoms with Gasteiger partial charge < -0.3 is 5.43 Å². The minimum Gasteiger partial charge on any atom is -0.301 e. The monoisotopic (exact) mass is 276 g/mol. The molecule has 2 rings (SSSR count). The third-order valence-electron chi connectivity index (χ3n) is 2.52. The van der Waals surface area contributed by atoms with Crippen molar-refractivity contribution in [2.24, 2.45) is 0 Å². The van der Waals surface area contributed by atoms with Crippen LogP contribution in [0.15, 0.2) is 58.3 Å². The summed E-state index contributed by atoms with van der Waals surface area (Å²) in [6.45, 7) is 0. The molecule has 0 saturated carbocycles. The number of para-hydroxylation sites is 1. The molecule has 2 aromatic carbocycles. The second kappa shape index (κ2) is 6.61. The highest BCUT2D eigenvalue weighted by Gasteiger charge is 1.99. The Balaban J connectivity index is 2.06. The van der Waals surface area contributed by atoms with Gasteiger partial charge in [-0.05, 0) is 42.8 Å². The van der Waals surface area contributed by atoms with Crippen LogP contribution in [0.3, 0.4) is 0 Å². The molecule has 0 amide bonds. The van der Waals surface area contributed by atoms with Gasteiger partial charge in [0.1, 0.15) is 0 Å². The summed E-state index contributed by atoms with van der Waals surface area (Å²) in [5.74, 6) is 0. The van der Waals surface area contributed by atoms with Crippen LogP contribution in [0.4, 0.5) is 11.4 Å². The van der Waals surface area contributed by atoms with E-state index in [4.69, 9.17) is 0 Å². The standard InChI is InChI=1S/C14H16N2S2/c1-17-12-7-5-6-11(10-12)15-16-13-8-3-4-9-14(13)18-2/h3-10,15-16H,1-2H3. The molecule has 4 heteroatoms. The zero-order valence-electron chi connectivity index (χ0n) is 10.4. The Morgan fingerprint density at radius 1 is 0.833 bits per heavy atom. The maximum atomic E-state index is 3.25. The van der Waals surface area contributed by atoms with Crippen molar-refractivity contribution in [3.05, 3.63) is 48.5 Å². The zero-order chi connectivity index (χ0) is 12.8. The van der Waals surface area contributed by atoms with Crippen LogP contribution in [0.5, 0.6) is 0 Å². The maximum absolute atomic E-state index is 3.25. The van der Waals surface area contributed by atoms with Crippen molar-refractivity contribution in [1.82, 2.24) is 0 Å². The van der Waals surface area contributed by atoms with E-state index >= 15 is 0 Å². The molecule has 2 N–H and O–H groups in total. The number of hydrogen-bond donors (Lipinski definition) is 2. The van der Waals surface area contributed by atoms with Crippen LogP contribution < -0.4 is 10.9 Å². The third-order valence-corrected chi connectivity index (χ3v) is 4.04. The molecule has 0 aliphatic rings. The van der Waals surface area contributed by atoms with Crippen LogP contribution in [0.2, 0.25) is 0 Å². The van der Waals surface area contributed by atoms with Gasteiger partial charge in [0.2, 0.25) is 0 Å². The molecule has 0 heterocycles. The van der Waals surface area contributed by atoms with Gasteiger partial charge in [-0.2, -0.15) is 0 Å². The molecule has 0 unspecified atom stereocenters. The highest BCUT2D eigenvalue weighted by atomic mass is 32.2. The molecule has 0 atom stereocenters. The van der Waals surface area contributed by atoms with Crippen molar-refractivity contribution in [2.75, 3.05) is 23.4 Å². The highest BCUT2D eigenvalue weighted by Crippen LogP contribution is 2.25. The zero-order valence-corrected chi connectivity index (χ0v) is 12.1. The first kappa shape index (κ1) is 13.2. The summed E-state index contributed by atoms with van der Waals surface area (Å²) < 4.78 is 0. The van der Waals surface area contributed by atoms with Crippen molar-refractivity contribution < 1.29 is 0 Å². The first-order valence-electron chi connectivity index (χ1n) is 5.62. The summed E-state index contributed by atoms with van der Waals surface area (Å²) in [5.41, 5.74) is 8.65. The van der Waals surface area contributed by atoms with E-state index in [9.17, 15) is 0 Å². The number of thioether (sulfide) groups is 2. The predicted octanol–water partition coefficient (Wildman–Crippen LogP) is 4.57. The van der Waals surface area contributed by atoms with E-state index in [-0.39, 0.29) is 0 Å². The minimum absolute atomic E-state index is 1.07. The molecule has 2 aromatic rings. The Labute approximate surface area is 117 Å². The summed E-state index contributed by atoms with van der Waals surface area (Å²) in [4.78, 5) is 2.48. The second-order valence-electron chi connectivity index (χ2n) is 3.68. The quantitative estimate of drug-likeness (QED) is 0.617. The largest absolute Gasteiger partial charge is 0.301 e. The van der Waals surface area contributed by atoms with Crippen LogP contribution in [0.25, 0.3) is 0 Å². The molecule has 18 heavy (non-hydrogen) atoms. The number of hydrogen-bond acceptors (Lipinski definition) is 4. The number of rotatable bonds is 5. The first-order valence-corrected chi connectivity index (χ1v) is 8.07. The van der Waals surface area contributed by atoms with Crippen LogP contribution in [-0.4, -0.2) is 12.5 Å². The van der Waals surface area contributed by atoms with E-state index in [0.29, 0.717) is 0 Å². The van der Waals surface area contributed by atoms with Gasteiger partial charge in [-0.25, -0.2) is 0 Å². The summed E-state index contributed by atoms with van der Waals surface area (Å²) in [5, 5.41) is 0. The van der Waals surface area contributed by atoms with Gasteiger partial charge in [-0.3, -0.25) is 5.43 Å². The lowest BCUT2D eigenvalue weighted by molar-refractivity contribution is 1.32. The molecule has 2 nitrogen and oxygen atoms in total. The molecular formula is C14H16N2S2. The van der Waals surface area contributed by atoms with Crippen LogP contribution in [0, 0.1) is 0 Å². The average molecular weight is 276 g/mol. The van der Waals surface area contributed by atoms with E-state index in [0.717, 1.165) is 11.4 Å². The molecule has 0 aliphatic carbocycles. The van der Waals surface area contributed by atoms with E-state index < -0.39 is 0 Å². The van der Waals surface area contributed by atoms with E-state index in [1.165, 1.54) is 9.79 Å². The normalized spacial score (nSPS) is 10.1. The summed E-state index contributed by atoms with van der Waals surface area (Å²) in [7, 11) is 0. The second-order valence-corrected chi connectivity index (χ2v) is 5.41. The van der Waals surface area contributed by atoms with Gasteiger partial charge >= 0.3 is 0 Å². The molecule has 0 aliphatic heterocycles. The lowest BCUT2D eigenvalue weighted by Gasteiger charge is -2.13. The Hall–Kier alpha value is -1.26. The van der Waals surface area contributed by atoms with E-state index in [2.05, 4.69) is 59.8 Å². The first-order chi connectivity index (χ1) is 8.83. The lowest BCUT2D eigenvalue weighted by atomic mass is 10.3. The fraction of sp³-hybridized carbons (Fsp3) is 0.143. The number of anilines is 2. The maximum Gasteiger partial charge on any atom is 0.0675 e. The minimum atomic E-state index is 1.07. The number of nitrogens with one attached hydrogen (secondary N) is 2. The Kier molecular flexibility index (Phi) is 4.84. The van der Waals surface area contributed by atoms with Gasteiger partial charge in [-0.15, -0.1) is 23.5 Å². The fourth-order valence-electron chi connectivity index (χ4n) is 1.59. The Morgan fingerprint density at radius 3 is 2.44 bits per heavy atom. The van der Waals surface area contributed by atoms with Gasteiger partial charge in [0.15, 0.2) is 0 Å². The predicted molar refractivity (Wildman–Crippen MR) is 83.7 cm³/mol. The van der Waals surface area contributed by atoms with Crippen LogP contribution in [-0.2, 0) is 0 Å². The van der Waals surface area contributed by atoms with Crippen molar-refractivity contribution in [1.29, 1.82) is 0 Å². The molecule has 0 bridgehead atoms. The molecule has 94 valence electrons. The SMILES string of the molecule is CSc1cccc(NNc2ccccc2SC)c1. The van der Waals surface area contributed by atoms with Crippen LogP contribution >= 0.6 is 23.5 Å². The average Bonchev–Trinajstić information content (AvgIpc) is 2.45. The summed E-state index contributed by atoms with van der Waals surface area (Å²) >= 11 is 3.47. The fourth-order valence-corrected chi connectivity index (χ4v) is 2.60. The van der Waals surface area contributed by atoms with E-state index in [1.54, 1.807) is 23.5 Å². The number of hydrazine groups is 1. The molecule has 0 radical (unpaired) electrons. The molecule has 0 aromatic heterocycles. The van der Waals surface area contributed by atoms with Crippen molar-refractivity contribution >= 4 is 34.9 Å². The molecule has 0 spiro atoms.